The summed E-state index contributed by atoms with van der Waals surface area (Å²) in [6.07, 6.45) is 0. The van der Waals surface area contributed by atoms with Gasteiger partial charge in [0.15, 0.2) is 0 Å². The fourth-order valence-corrected chi connectivity index (χ4v) is 2.30. The molecule has 0 bridgehead atoms. The van der Waals surface area contributed by atoms with Crippen LogP contribution in [0.25, 0.3) is 0 Å². The molecule has 0 unspecified atom stereocenters. The summed E-state index contributed by atoms with van der Waals surface area (Å²) < 4.78 is 0. The van der Waals surface area contributed by atoms with Crippen molar-refractivity contribution in [1.82, 2.24) is 0 Å². The molecule has 0 aliphatic carbocycles. The number of amides is 1. The Labute approximate surface area is 113 Å². The molecule has 0 aliphatic rings. The van der Waals surface area contributed by atoms with Gasteiger partial charge in [-0.3, -0.25) is 4.79 Å². The number of aromatic hydroxyl groups is 1. The highest BCUT2D eigenvalue weighted by atomic mass is 32.1. The molecule has 0 radical (unpaired) electrons. The molecule has 2 rings (SSSR count). The predicted molar refractivity (Wildman–Crippen MR) is 72.1 cm³/mol. The minimum atomic E-state index is -1.22. The van der Waals surface area contributed by atoms with Crippen molar-refractivity contribution < 1.29 is 19.8 Å². The fraction of sp³-hybridized carbons (Fsp3) is 0.0769. The van der Waals surface area contributed by atoms with E-state index in [1.54, 1.807) is 6.07 Å². The largest absolute Gasteiger partial charge is 0.507 e. The zero-order valence-electron chi connectivity index (χ0n) is 10.0. The Morgan fingerprint density at radius 2 is 1.95 bits per heavy atom. The summed E-state index contributed by atoms with van der Waals surface area (Å²) in [4.78, 5) is 24.2. The molecule has 98 valence electrons. The lowest BCUT2D eigenvalue weighted by atomic mass is 10.2. The second-order valence-electron chi connectivity index (χ2n) is 3.90. The molecule has 1 heterocycles. The van der Waals surface area contributed by atoms with Crippen LogP contribution in [0.1, 0.15) is 24.9 Å². The van der Waals surface area contributed by atoms with Crippen molar-refractivity contribution in [2.45, 2.75) is 6.92 Å². The van der Waals surface area contributed by atoms with Gasteiger partial charge in [-0.2, -0.15) is 0 Å². The van der Waals surface area contributed by atoms with Crippen LogP contribution in [0.5, 0.6) is 5.75 Å². The van der Waals surface area contributed by atoms with E-state index in [9.17, 15) is 14.7 Å². The molecular formula is C13H11NO4S. The van der Waals surface area contributed by atoms with Gasteiger partial charge in [0.25, 0.3) is 5.91 Å². The van der Waals surface area contributed by atoms with E-state index in [1.807, 2.05) is 13.0 Å². The van der Waals surface area contributed by atoms with Crippen molar-refractivity contribution in [2.75, 3.05) is 5.32 Å². The third-order valence-corrected chi connectivity index (χ3v) is 3.45. The molecule has 1 aromatic carbocycles. The fourth-order valence-electron chi connectivity index (χ4n) is 1.54. The van der Waals surface area contributed by atoms with E-state index >= 15 is 0 Å². The molecular weight excluding hydrogens is 266 g/mol. The first-order chi connectivity index (χ1) is 8.97. The van der Waals surface area contributed by atoms with Gasteiger partial charge in [0.1, 0.15) is 11.3 Å². The van der Waals surface area contributed by atoms with Crippen molar-refractivity contribution in [3.05, 3.63) is 45.6 Å². The quantitative estimate of drug-likeness (QED) is 0.805. The molecule has 2 aromatic rings. The minimum Gasteiger partial charge on any atom is -0.507 e. The smallest absolute Gasteiger partial charge is 0.339 e. The Kier molecular flexibility index (Phi) is 3.52. The molecule has 1 aromatic heterocycles. The highest BCUT2D eigenvalue weighted by molar-refractivity contribution is 7.14. The van der Waals surface area contributed by atoms with Crippen molar-refractivity contribution >= 4 is 28.9 Å². The first-order valence-corrected chi connectivity index (χ1v) is 6.23. The van der Waals surface area contributed by atoms with Crippen molar-refractivity contribution in [2.24, 2.45) is 0 Å². The number of rotatable bonds is 3. The van der Waals surface area contributed by atoms with Gasteiger partial charge in [0.2, 0.25) is 0 Å². The first kappa shape index (κ1) is 13.1. The number of aryl methyl sites for hydroxylation is 1. The minimum absolute atomic E-state index is 0.204. The molecule has 5 nitrogen and oxygen atoms in total. The molecule has 6 heteroatoms. The number of thiophene rings is 1. The Bertz CT molecular complexity index is 648. The predicted octanol–water partition coefficient (Wildman–Crippen LogP) is 2.71. The van der Waals surface area contributed by atoms with E-state index < -0.39 is 5.97 Å². The summed E-state index contributed by atoms with van der Waals surface area (Å²) in [7, 11) is 0. The van der Waals surface area contributed by atoms with Gasteiger partial charge >= 0.3 is 5.97 Å². The van der Waals surface area contributed by atoms with E-state index in [-0.39, 0.29) is 17.2 Å². The monoisotopic (exact) mass is 277 g/mol. The lowest BCUT2D eigenvalue weighted by Crippen LogP contribution is -2.10. The number of hydrogen-bond acceptors (Lipinski definition) is 4. The van der Waals surface area contributed by atoms with Crippen molar-refractivity contribution in [1.29, 1.82) is 0 Å². The zero-order chi connectivity index (χ0) is 14.0. The van der Waals surface area contributed by atoms with Gasteiger partial charge in [-0.1, -0.05) is 0 Å². The molecule has 1 amide bonds. The van der Waals surface area contributed by atoms with Gasteiger partial charge in [0.05, 0.1) is 4.88 Å². The number of nitrogens with one attached hydrogen (secondary N) is 1. The van der Waals surface area contributed by atoms with Gasteiger partial charge in [-0.15, -0.1) is 11.3 Å². The Morgan fingerprint density at radius 3 is 2.47 bits per heavy atom. The average Bonchev–Trinajstić information content (AvgIpc) is 2.75. The van der Waals surface area contributed by atoms with Gasteiger partial charge in [-0.05, 0) is 31.2 Å². The van der Waals surface area contributed by atoms with Gasteiger partial charge in [-0.25, -0.2) is 4.79 Å². The second-order valence-corrected chi connectivity index (χ2v) is 5.19. The molecule has 0 spiro atoms. The normalized spacial score (nSPS) is 10.2. The number of phenols is 1. The standard InChI is InChI=1S/C13H11NO4S/c1-7-2-5-11(19-7)12(16)14-8-3-4-9(13(17)18)10(15)6-8/h2-6,15H,1H3,(H,14,16)(H,17,18). The van der Waals surface area contributed by atoms with Crippen LogP contribution < -0.4 is 5.32 Å². The summed E-state index contributed by atoms with van der Waals surface area (Å²) in [6.45, 7) is 1.90. The number of carbonyl (C=O) groups is 2. The molecule has 3 N–H and O–H groups in total. The highest BCUT2D eigenvalue weighted by Crippen LogP contribution is 2.23. The van der Waals surface area contributed by atoms with Crippen LogP contribution in [0.4, 0.5) is 5.69 Å². The molecule has 0 saturated heterocycles. The third-order valence-electron chi connectivity index (χ3n) is 2.45. The maximum Gasteiger partial charge on any atom is 0.339 e. The number of carbonyl (C=O) groups excluding carboxylic acids is 1. The molecule has 19 heavy (non-hydrogen) atoms. The van der Waals surface area contributed by atoms with Crippen LogP contribution in [-0.4, -0.2) is 22.1 Å². The summed E-state index contributed by atoms with van der Waals surface area (Å²) in [5.74, 6) is -1.89. The van der Waals surface area contributed by atoms with E-state index in [0.717, 1.165) is 4.88 Å². The van der Waals surface area contributed by atoms with Gasteiger partial charge in [0, 0.05) is 16.6 Å². The van der Waals surface area contributed by atoms with Crippen LogP contribution >= 0.6 is 11.3 Å². The van der Waals surface area contributed by atoms with Crippen LogP contribution in [0, 0.1) is 6.92 Å². The molecule has 0 saturated carbocycles. The molecule has 0 aliphatic heterocycles. The Morgan fingerprint density at radius 1 is 1.21 bits per heavy atom. The number of aromatic carboxylic acids is 1. The lowest BCUT2D eigenvalue weighted by molar-refractivity contribution is 0.0693. The van der Waals surface area contributed by atoms with E-state index in [4.69, 9.17) is 5.11 Å². The van der Waals surface area contributed by atoms with Crippen LogP contribution in [-0.2, 0) is 0 Å². The number of benzene rings is 1. The summed E-state index contributed by atoms with van der Waals surface area (Å²) in [5, 5.41) is 20.9. The Hall–Kier alpha value is -2.34. The van der Waals surface area contributed by atoms with Crippen LogP contribution in [0.2, 0.25) is 0 Å². The number of carboxylic acid groups (broad SMARTS) is 1. The number of anilines is 1. The summed E-state index contributed by atoms with van der Waals surface area (Å²) in [5.41, 5.74) is 0.142. The first-order valence-electron chi connectivity index (χ1n) is 5.41. The number of carboxylic acids is 1. The topological polar surface area (TPSA) is 86.6 Å². The third kappa shape index (κ3) is 2.92. The molecule has 0 atom stereocenters. The maximum atomic E-state index is 11.9. The van der Waals surface area contributed by atoms with E-state index in [1.165, 1.54) is 29.5 Å². The SMILES string of the molecule is Cc1ccc(C(=O)Nc2ccc(C(=O)O)c(O)c2)s1. The molecule has 0 fully saturated rings. The van der Waals surface area contributed by atoms with Crippen LogP contribution in [0.15, 0.2) is 30.3 Å². The van der Waals surface area contributed by atoms with Gasteiger partial charge < -0.3 is 15.5 Å². The number of hydrogen-bond donors (Lipinski definition) is 3. The van der Waals surface area contributed by atoms with Crippen molar-refractivity contribution in [3.63, 3.8) is 0 Å². The zero-order valence-corrected chi connectivity index (χ0v) is 10.8. The lowest BCUT2D eigenvalue weighted by Gasteiger charge is -2.05. The van der Waals surface area contributed by atoms with E-state index in [0.29, 0.717) is 10.6 Å². The second kappa shape index (κ2) is 5.11. The average molecular weight is 277 g/mol. The maximum absolute atomic E-state index is 11.9. The highest BCUT2D eigenvalue weighted by Gasteiger charge is 2.12. The van der Waals surface area contributed by atoms with Crippen LogP contribution in [0.3, 0.4) is 0 Å². The van der Waals surface area contributed by atoms with Crippen molar-refractivity contribution in [3.8, 4) is 5.75 Å². The Balaban J connectivity index is 2.18. The summed E-state index contributed by atoms with van der Waals surface area (Å²) in [6, 6.07) is 7.43. The summed E-state index contributed by atoms with van der Waals surface area (Å²) >= 11 is 1.36. The van der Waals surface area contributed by atoms with E-state index in [2.05, 4.69) is 5.32 Å².